The van der Waals surface area contributed by atoms with Gasteiger partial charge in [-0.3, -0.25) is 10.1 Å². The zero-order valence-electron chi connectivity index (χ0n) is 8.20. The van der Waals surface area contributed by atoms with Crippen molar-refractivity contribution >= 4 is 39.2 Å². The van der Waals surface area contributed by atoms with Gasteiger partial charge in [0, 0.05) is 17.5 Å². The smallest absolute Gasteiger partial charge is 0.339 e. The molecule has 0 atom stereocenters. The molecule has 0 spiro atoms. The minimum Gasteiger partial charge on any atom is -0.465 e. The van der Waals surface area contributed by atoms with Crippen LogP contribution in [0.1, 0.15) is 15.9 Å². The molecule has 0 aliphatic heterocycles. The number of non-ortho nitro benzene ring substituents is 1. The molecule has 1 aromatic carbocycles. The summed E-state index contributed by atoms with van der Waals surface area (Å²) in [5, 5.41) is 10.9. The number of nitrogens with zero attached hydrogens (tertiary/aromatic N) is 1. The monoisotopic (exact) mass is 307 g/mol. The van der Waals surface area contributed by atoms with Crippen molar-refractivity contribution in [3.63, 3.8) is 0 Å². The lowest BCUT2D eigenvalue weighted by molar-refractivity contribution is -0.384. The molecule has 0 heterocycles. The largest absolute Gasteiger partial charge is 0.465 e. The van der Waals surface area contributed by atoms with E-state index >= 15 is 0 Å². The highest BCUT2D eigenvalue weighted by molar-refractivity contribution is 9.08. The molecule has 0 aliphatic carbocycles. The van der Waals surface area contributed by atoms with E-state index in [9.17, 15) is 14.9 Å². The maximum atomic E-state index is 11.4. The van der Waals surface area contributed by atoms with Gasteiger partial charge < -0.3 is 4.74 Å². The summed E-state index contributed by atoms with van der Waals surface area (Å²) in [6.07, 6.45) is 0. The quantitative estimate of drug-likeness (QED) is 0.372. The van der Waals surface area contributed by atoms with Gasteiger partial charge in [0.25, 0.3) is 5.69 Å². The normalized spacial score (nSPS) is 9.94. The van der Waals surface area contributed by atoms with Gasteiger partial charge in [-0.25, -0.2) is 4.79 Å². The number of nitro benzene ring substituents is 1. The van der Waals surface area contributed by atoms with E-state index in [0.717, 1.165) is 6.07 Å². The van der Waals surface area contributed by atoms with Crippen LogP contribution in [-0.4, -0.2) is 18.0 Å². The van der Waals surface area contributed by atoms with Crippen LogP contribution >= 0.6 is 27.5 Å². The molecule has 0 radical (unpaired) electrons. The van der Waals surface area contributed by atoms with Crippen LogP contribution in [0.3, 0.4) is 0 Å². The van der Waals surface area contributed by atoms with Crippen LogP contribution < -0.4 is 0 Å². The second-order valence-corrected chi connectivity index (χ2v) is 3.81. The van der Waals surface area contributed by atoms with Crippen molar-refractivity contribution in [1.29, 1.82) is 0 Å². The van der Waals surface area contributed by atoms with Gasteiger partial charge in [0.2, 0.25) is 0 Å². The van der Waals surface area contributed by atoms with Crippen LogP contribution in [-0.2, 0) is 10.1 Å². The molecular weight excluding hydrogens is 301 g/mol. The molecule has 0 fully saturated rings. The van der Waals surface area contributed by atoms with Crippen molar-refractivity contribution in [2.75, 3.05) is 7.11 Å². The summed E-state index contributed by atoms with van der Waals surface area (Å²) in [5.74, 6) is -0.616. The van der Waals surface area contributed by atoms with E-state index in [0.29, 0.717) is 5.56 Å². The number of methoxy groups -OCH3 is 1. The Kier molecular flexibility index (Phi) is 4.26. The van der Waals surface area contributed by atoms with Gasteiger partial charge in [-0.05, 0) is 5.56 Å². The van der Waals surface area contributed by atoms with Gasteiger partial charge in [0.1, 0.15) is 0 Å². The number of alkyl halides is 1. The third-order valence-corrected chi connectivity index (χ3v) is 2.80. The van der Waals surface area contributed by atoms with Crippen LogP contribution in [0.25, 0.3) is 0 Å². The van der Waals surface area contributed by atoms with Crippen LogP contribution in [0.15, 0.2) is 12.1 Å². The molecule has 0 amide bonds. The lowest BCUT2D eigenvalue weighted by atomic mass is 10.1. The number of ether oxygens (including phenoxy) is 1. The Morgan fingerprint density at radius 1 is 1.62 bits per heavy atom. The average molecular weight is 309 g/mol. The van der Waals surface area contributed by atoms with Crippen molar-refractivity contribution in [2.24, 2.45) is 0 Å². The van der Waals surface area contributed by atoms with Crippen LogP contribution in [0.2, 0.25) is 5.02 Å². The van der Waals surface area contributed by atoms with E-state index in [1.165, 1.54) is 13.2 Å². The summed E-state index contributed by atoms with van der Waals surface area (Å²) in [4.78, 5) is 21.4. The summed E-state index contributed by atoms with van der Waals surface area (Å²) < 4.78 is 4.55. The van der Waals surface area contributed by atoms with E-state index < -0.39 is 10.9 Å². The van der Waals surface area contributed by atoms with Gasteiger partial charge in [0.15, 0.2) is 0 Å². The molecule has 0 saturated carbocycles. The van der Waals surface area contributed by atoms with E-state index in [2.05, 4.69) is 20.7 Å². The zero-order valence-corrected chi connectivity index (χ0v) is 10.5. The number of carbonyl (C=O) groups excluding carboxylic acids is 1. The minimum absolute atomic E-state index is 0.00972. The fourth-order valence-electron chi connectivity index (χ4n) is 1.19. The number of halogens is 2. The Labute approximate surface area is 105 Å². The van der Waals surface area contributed by atoms with Gasteiger partial charge in [-0.2, -0.15) is 0 Å². The Balaban J connectivity index is 3.40. The minimum atomic E-state index is -0.616. The summed E-state index contributed by atoms with van der Waals surface area (Å²) in [6, 6.07) is 2.41. The predicted molar refractivity (Wildman–Crippen MR) is 62.1 cm³/mol. The summed E-state index contributed by atoms with van der Waals surface area (Å²) in [6.45, 7) is 0. The SMILES string of the molecule is COC(=O)c1c(Cl)cc([N+](=O)[O-])cc1CBr. The maximum Gasteiger partial charge on any atom is 0.339 e. The summed E-state index contributed by atoms with van der Waals surface area (Å²) in [7, 11) is 1.22. The second-order valence-electron chi connectivity index (χ2n) is 2.84. The van der Waals surface area contributed by atoms with Crippen molar-refractivity contribution in [2.45, 2.75) is 5.33 Å². The lowest BCUT2D eigenvalue weighted by Crippen LogP contribution is -2.06. The molecule has 0 bridgehead atoms. The van der Waals surface area contributed by atoms with Gasteiger partial charge >= 0.3 is 5.97 Å². The van der Waals surface area contributed by atoms with Crippen LogP contribution in [0.5, 0.6) is 0 Å². The first-order valence-corrected chi connectivity index (χ1v) is 5.62. The topological polar surface area (TPSA) is 69.4 Å². The van der Waals surface area contributed by atoms with Crippen molar-refractivity contribution in [3.8, 4) is 0 Å². The number of carbonyl (C=O) groups is 1. The zero-order chi connectivity index (χ0) is 12.3. The molecule has 0 saturated heterocycles. The standard InChI is InChI=1S/C9H7BrClNO4/c1-16-9(13)8-5(4-10)2-6(12(14)15)3-7(8)11/h2-3H,4H2,1H3. The van der Waals surface area contributed by atoms with Crippen molar-refractivity contribution < 1.29 is 14.5 Å². The first kappa shape index (κ1) is 12.9. The molecule has 5 nitrogen and oxygen atoms in total. The fourth-order valence-corrected chi connectivity index (χ4v) is 1.94. The Hall–Kier alpha value is -1.14. The lowest BCUT2D eigenvalue weighted by Gasteiger charge is -2.07. The number of benzene rings is 1. The number of nitro groups is 1. The van der Waals surface area contributed by atoms with E-state index in [1.807, 2.05) is 0 Å². The molecule has 1 rings (SSSR count). The number of esters is 1. The molecule has 0 aliphatic rings. The molecule has 0 aromatic heterocycles. The van der Waals surface area contributed by atoms with E-state index in [-0.39, 0.29) is 21.6 Å². The van der Waals surface area contributed by atoms with Crippen LogP contribution in [0, 0.1) is 10.1 Å². The van der Waals surface area contributed by atoms with Gasteiger partial charge in [0.05, 0.1) is 22.6 Å². The van der Waals surface area contributed by atoms with Gasteiger partial charge in [-0.1, -0.05) is 27.5 Å². The first-order chi connectivity index (χ1) is 7.51. The number of hydrogen-bond acceptors (Lipinski definition) is 4. The van der Waals surface area contributed by atoms with Crippen molar-refractivity contribution in [1.82, 2.24) is 0 Å². The number of hydrogen-bond donors (Lipinski definition) is 0. The van der Waals surface area contributed by atoms with Crippen LogP contribution in [0.4, 0.5) is 5.69 Å². The Morgan fingerprint density at radius 2 is 2.25 bits per heavy atom. The van der Waals surface area contributed by atoms with Gasteiger partial charge in [-0.15, -0.1) is 0 Å². The predicted octanol–water partition coefficient (Wildman–Crippen LogP) is 2.93. The highest BCUT2D eigenvalue weighted by atomic mass is 79.9. The third kappa shape index (κ3) is 2.51. The third-order valence-electron chi connectivity index (χ3n) is 1.90. The highest BCUT2D eigenvalue weighted by Gasteiger charge is 2.20. The Bertz CT molecular complexity index is 449. The molecular formula is C9H7BrClNO4. The highest BCUT2D eigenvalue weighted by Crippen LogP contribution is 2.28. The fraction of sp³-hybridized carbons (Fsp3) is 0.222. The number of rotatable bonds is 3. The Morgan fingerprint density at radius 3 is 2.69 bits per heavy atom. The summed E-state index contributed by atoms with van der Waals surface area (Å²) in [5.41, 5.74) is 0.407. The first-order valence-electron chi connectivity index (χ1n) is 4.12. The molecule has 0 unspecified atom stereocenters. The molecule has 7 heteroatoms. The van der Waals surface area contributed by atoms with E-state index in [1.54, 1.807) is 0 Å². The summed E-state index contributed by atoms with van der Waals surface area (Å²) >= 11 is 8.94. The molecule has 16 heavy (non-hydrogen) atoms. The molecule has 86 valence electrons. The second kappa shape index (κ2) is 5.27. The molecule has 1 aromatic rings. The average Bonchev–Trinajstić information content (AvgIpc) is 2.26. The maximum absolute atomic E-state index is 11.4. The molecule has 0 N–H and O–H groups in total. The van der Waals surface area contributed by atoms with E-state index in [4.69, 9.17) is 11.6 Å². The van der Waals surface area contributed by atoms with Crippen molar-refractivity contribution in [3.05, 3.63) is 38.4 Å².